The summed E-state index contributed by atoms with van der Waals surface area (Å²) < 4.78 is 0. The Morgan fingerprint density at radius 2 is 2.28 bits per heavy atom. The van der Waals surface area contributed by atoms with Crippen molar-refractivity contribution in [2.75, 3.05) is 18.4 Å². The molecular weight excluding hydrogens is 224 g/mol. The SMILES string of the molecule is CCN(C(=O)c1ccc2c(c1)CCCN2)C1CC1. The van der Waals surface area contributed by atoms with Crippen LogP contribution in [0.2, 0.25) is 0 Å². The van der Waals surface area contributed by atoms with Gasteiger partial charge in [-0.1, -0.05) is 0 Å². The van der Waals surface area contributed by atoms with Gasteiger partial charge < -0.3 is 10.2 Å². The second-order valence-electron chi connectivity index (χ2n) is 5.22. The maximum atomic E-state index is 12.4. The van der Waals surface area contributed by atoms with Crippen molar-refractivity contribution >= 4 is 11.6 Å². The van der Waals surface area contributed by atoms with Crippen LogP contribution in [0.4, 0.5) is 5.69 Å². The first-order valence-corrected chi connectivity index (χ1v) is 6.97. The Morgan fingerprint density at radius 3 is 3.00 bits per heavy atom. The fraction of sp³-hybridized carbons (Fsp3) is 0.533. The number of anilines is 1. The van der Waals surface area contributed by atoms with E-state index in [9.17, 15) is 4.79 Å². The molecule has 0 aromatic heterocycles. The minimum absolute atomic E-state index is 0.202. The summed E-state index contributed by atoms with van der Waals surface area (Å²) >= 11 is 0. The lowest BCUT2D eigenvalue weighted by Crippen LogP contribution is -2.33. The Morgan fingerprint density at radius 1 is 1.44 bits per heavy atom. The number of aryl methyl sites for hydroxylation is 1. The van der Waals surface area contributed by atoms with Crippen molar-refractivity contribution in [3.8, 4) is 0 Å². The predicted octanol–water partition coefficient (Wildman–Crippen LogP) is 2.67. The average molecular weight is 244 g/mol. The molecule has 0 radical (unpaired) electrons. The molecule has 0 unspecified atom stereocenters. The molecule has 1 heterocycles. The van der Waals surface area contributed by atoms with E-state index in [1.54, 1.807) is 0 Å². The van der Waals surface area contributed by atoms with Crippen molar-refractivity contribution in [1.82, 2.24) is 4.90 Å². The van der Waals surface area contributed by atoms with Gasteiger partial charge in [0.15, 0.2) is 0 Å². The van der Waals surface area contributed by atoms with Gasteiger partial charge in [-0.05, 0) is 56.4 Å². The van der Waals surface area contributed by atoms with Crippen molar-refractivity contribution < 1.29 is 4.79 Å². The standard InChI is InChI=1S/C15H20N2O/c1-2-17(13-6-7-13)15(18)12-5-8-14-11(10-12)4-3-9-16-14/h5,8,10,13,16H,2-4,6-7,9H2,1H3. The topological polar surface area (TPSA) is 32.3 Å². The maximum Gasteiger partial charge on any atom is 0.254 e. The first kappa shape index (κ1) is 11.6. The molecule has 18 heavy (non-hydrogen) atoms. The molecule has 1 aliphatic carbocycles. The highest BCUT2D eigenvalue weighted by atomic mass is 16.2. The zero-order valence-corrected chi connectivity index (χ0v) is 10.9. The van der Waals surface area contributed by atoms with Crippen molar-refractivity contribution in [1.29, 1.82) is 0 Å². The van der Waals surface area contributed by atoms with E-state index in [1.807, 2.05) is 11.0 Å². The fourth-order valence-corrected chi connectivity index (χ4v) is 2.73. The van der Waals surface area contributed by atoms with Crippen LogP contribution in [0.5, 0.6) is 0 Å². The van der Waals surface area contributed by atoms with Gasteiger partial charge in [0.2, 0.25) is 0 Å². The highest BCUT2D eigenvalue weighted by Gasteiger charge is 2.32. The Hall–Kier alpha value is -1.51. The van der Waals surface area contributed by atoms with Gasteiger partial charge in [0.05, 0.1) is 0 Å². The molecular formula is C15H20N2O. The molecule has 0 bridgehead atoms. The molecule has 0 spiro atoms. The molecule has 0 atom stereocenters. The Balaban J connectivity index is 1.84. The van der Waals surface area contributed by atoms with E-state index in [-0.39, 0.29) is 5.91 Å². The highest BCUT2D eigenvalue weighted by molar-refractivity contribution is 5.95. The summed E-state index contributed by atoms with van der Waals surface area (Å²) in [5.74, 6) is 0.202. The van der Waals surface area contributed by atoms with E-state index >= 15 is 0 Å². The Kier molecular flexibility index (Phi) is 2.98. The van der Waals surface area contributed by atoms with Gasteiger partial charge in [-0.2, -0.15) is 0 Å². The number of carbonyl (C=O) groups excluding carboxylic acids is 1. The van der Waals surface area contributed by atoms with Crippen molar-refractivity contribution in [2.24, 2.45) is 0 Å². The number of hydrogen-bond donors (Lipinski definition) is 1. The third-order valence-corrected chi connectivity index (χ3v) is 3.88. The largest absolute Gasteiger partial charge is 0.385 e. The molecule has 1 N–H and O–H groups in total. The molecule has 1 aromatic rings. The average Bonchev–Trinajstić information content (AvgIpc) is 3.23. The molecule has 1 fully saturated rings. The lowest BCUT2D eigenvalue weighted by Gasteiger charge is -2.22. The molecule has 1 aromatic carbocycles. The second-order valence-corrected chi connectivity index (χ2v) is 5.22. The lowest BCUT2D eigenvalue weighted by molar-refractivity contribution is 0.0752. The van der Waals surface area contributed by atoms with Crippen LogP contribution < -0.4 is 5.32 Å². The molecule has 1 amide bonds. The maximum absolute atomic E-state index is 12.4. The van der Waals surface area contributed by atoms with Gasteiger partial charge in [-0.15, -0.1) is 0 Å². The van der Waals surface area contributed by atoms with E-state index in [0.717, 1.165) is 31.5 Å². The summed E-state index contributed by atoms with van der Waals surface area (Å²) in [7, 11) is 0. The summed E-state index contributed by atoms with van der Waals surface area (Å²) in [6.45, 7) is 3.93. The molecule has 0 saturated heterocycles. The van der Waals surface area contributed by atoms with Gasteiger partial charge in [-0.3, -0.25) is 4.79 Å². The zero-order chi connectivity index (χ0) is 12.5. The molecule has 2 aliphatic rings. The number of hydrogen-bond acceptors (Lipinski definition) is 2. The Labute approximate surface area is 108 Å². The first-order valence-electron chi connectivity index (χ1n) is 6.97. The minimum Gasteiger partial charge on any atom is -0.385 e. The highest BCUT2D eigenvalue weighted by Crippen LogP contribution is 2.29. The Bertz CT molecular complexity index is 466. The number of carbonyl (C=O) groups is 1. The van der Waals surface area contributed by atoms with E-state index < -0.39 is 0 Å². The summed E-state index contributed by atoms with van der Waals surface area (Å²) in [5, 5.41) is 3.38. The smallest absolute Gasteiger partial charge is 0.254 e. The molecule has 1 saturated carbocycles. The van der Waals surface area contributed by atoms with Crippen LogP contribution >= 0.6 is 0 Å². The van der Waals surface area contributed by atoms with Crippen LogP contribution in [-0.2, 0) is 6.42 Å². The summed E-state index contributed by atoms with van der Waals surface area (Å²) in [6.07, 6.45) is 4.59. The van der Waals surface area contributed by atoms with Crippen molar-refractivity contribution in [2.45, 2.75) is 38.6 Å². The third kappa shape index (κ3) is 2.09. The number of fused-ring (bicyclic) bond motifs is 1. The van der Waals surface area contributed by atoms with Crippen molar-refractivity contribution in [3.05, 3.63) is 29.3 Å². The van der Waals surface area contributed by atoms with Crippen LogP contribution in [-0.4, -0.2) is 29.9 Å². The zero-order valence-electron chi connectivity index (χ0n) is 10.9. The van der Waals surface area contributed by atoms with Gasteiger partial charge >= 0.3 is 0 Å². The van der Waals surface area contributed by atoms with Crippen LogP contribution in [0.15, 0.2) is 18.2 Å². The number of benzene rings is 1. The molecule has 3 nitrogen and oxygen atoms in total. The van der Waals surface area contributed by atoms with Gasteiger partial charge in [0.1, 0.15) is 0 Å². The summed E-state index contributed by atoms with van der Waals surface area (Å²) in [6, 6.07) is 6.60. The molecule has 1 aliphatic heterocycles. The molecule has 3 rings (SSSR count). The summed E-state index contributed by atoms with van der Waals surface area (Å²) in [4.78, 5) is 14.5. The minimum atomic E-state index is 0.202. The van der Waals surface area contributed by atoms with E-state index in [4.69, 9.17) is 0 Å². The second kappa shape index (κ2) is 4.63. The number of nitrogens with one attached hydrogen (secondary N) is 1. The normalized spacial score (nSPS) is 17.8. The predicted molar refractivity (Wildman–Crippen MR) is 73.0 cm³/mol. The van der Waals surface area contributed by atoms with Gasteiger partial charge in [0, 0.05) is 30.4 Å². The van der Waals surface area contributed by atoms with E-state index in [2.05, 4.69) is 24.4 Å². The van der Waals surface area contributed by atoms with Crippen molar-refractivity contribution in [3.63, 3.8) is 0 Å². The van der Waals surface area contributed by atoms with Gasteiger partial charge in [-0.25, -0.2) is 0 Å². The number of rotatable bonds is 3. The van der Waals surface area contributed by atoms with Crippen LogP contribution in [0.3, 0.4) is 0 Å². The van der Waals surface area contributed by atoms with Crippen LogP contribution in [0, 0.1) is 0 Å². The third-order valence-electron chi connectivity index (χ3n) is 3.88. The summed E-state index contributed by atoms with van der Waals surface area (Å²) in [5.41, 5.74) is 3.34. The lowest BCUT2D eigenvalue weighted by atomic mass is 10.0. The molecule has 3 heteroatoms. The number of amides is 1. The first-order chi connectivity index (χ1) is 8.79. The quantitative estimate of drug-likeness (QED) is 0.886. The monoisotopic (exact) mass is 244 g/mol. The van der Waals surface area contributed by atoms with Crippen LogP contribution in [0.1, 0.15) is 42.1 Å². The number of nitrogens with zero attached hydrogens (tertiary/aromatic N) is 1. The van der Waals surface area contributed by atoms with Gasteiger partial charge in [0.25, 0.3) is 5.91 Å². The fourth-order valence-electron chi connectivity index (χ4n) is 2.73. The van der Waals surface area contributed by atoms with Crippen LogP contribution in [0.25, 0.3) is 0 Å². The van der Waals surface area contributed by atoms with E-state index in [1.165, 1.54) is 24.1 Å². The molecule has 96 valence electrons. The van der Waals surface area contributed by atoms with E-state index in [0.29, 0.717) is 6.04 Å².